The molecule has 2 heteroatoms. The molecular formula is C71H52N2. The molecule has 2 unspecified atom stereocenters. The van der Waals surface area contributed by atoms with E-state index in [0.29, 0.717) is 0 Å². The van der Waals surface area contributed by atoms with Crippen molar-refractivity contribution in [1.29, 1.82) is 0 Å². The molecule has 0 saturated carbocycles. The van der Waals surface area contributed by atoms with Crippen molar-refractivity contribution in [2.45, 2.75) is 18.4 Å². The molecule has 1 aliphatic carbocycles. The van der Waals surface area contributed by atoms with Crippen LogP contribution in [0.3, 0.4) is 0 Å². The first-order valence-electron chi connectivity index (χ1n) is 25.4. The average Bonchev–Trinajstić information content (AvgIpc) is 3.76. The summed E-state index contributed by atoms with van der Waals surface area (Å²) in [6, 6.07) is 97.7. The topological polar surface area (TPSA) is 6.48 Å². The van der Waals surface area contributed by atoms with Gasteiger partial charge in [0.05, 0.1) is 16.9 Å². The lowest BCUT2D eigenvalue weighted by molar-refractivity contribution is 0.542. The molecular weight excluding hydrogens is 881 g/mol. The summed E-state index contributed by atoms with van der Waals surface area (Å²) in [5.41, 5.74) is 21.0. The van der Waals surface area contributed by atoms with Gasteiger partial charge >= 0.3 is 0 Å². The second kappa shape index (κ2) is 18.5. The van der Waals surface area contributed by atoms with Crippen LogP contribution in [0, 0.1) is 0 Å². The maximum atomic E-state index is 2.55. The van der Waals surface area contributed by atoms with Crippen molar-refractivity contribution >= 4 is 39.2 Å². The Kier molecular flexibility index (Phi) is 11.1. The first kappa shape index (κ1) is 43.8. The van der Waals surface area contributed by atoms with Gasteiger partial charge in [0.25, 0.3) is 0 Å². The normalized spacial score (nSPS) is 15.5. The molecule has 13 rings (SSSR count). The summed E-state index contributed by atoms with van der Waals surface area (Å²) in [5, 5.41) is 2.44. The van der Waals surface area contributed by atoms with Crippen LogP contribution in [0.25, 0.3) is 77.5 Å². The van der Waals surface area contributed by atoms with Gasteiger partial charge < -0.3 is 9.80 Å². The van der Waals surface area contributed by atoms with Crippen LogP contribution in [-0.4, -0.2) is 5.54 Å². The average molecular weight is 933 g/mol. The molecule has 0 saturated heterocycles. The molecule has 2 nitrogen and oxygen atoms in total. The molecule has 0 fully saturated rings. The number of benzene rings is 11. The standard InChI is InChI=1S/C71H52N2/c1-71-48-19-18-38-65(71)70-63(37-22-41-68(70)73(71)57-31-12-5-13-32-57)61-34-15-17-40-67(61)72(66-39-16-14-33-60(66)62-36-21-30-54-29-20-35-59(69(54)62)52-25-8-3-9-26-52)56-45-42-50(43-46-56)55-44-47-58(51-23-6-2-7-24-51)64(49-55)53-27-10-4-11-28-53/h2-49,65H,1H3. The lowest BCUT2D eigenvalue weighted by Gasteiger charge is -2.39. The summed E-state index contributed by atoms with van der Waals surface area (Å²) >= 11 is 0. The van der Waals surface area contributed by atoms with E-state index in [9.17, 15) is 0 Å². The lowest BCUT2D eigenvalue weighted by Crippen LogP contribution is -2.41. The van der Waals surface area contributed by atoms with Crippen LogP contribution in [0.4, 0.5) is 28.4 Å². The molecule has 0 bridgehead atoms. The van der Waals surface area contributed by atoms with Crippen LogP contribution in [0.5, 0.6) is 0 Å². The van der Waals surface area contributed by atoms with Crippen molar-refractivity contribution in [2.75, 3.05) is 9.80 Å². The fourth-order valence-electron chi connectivity index (χ4n) is 11.8. The van der Waals surface area contributed by atoms with E-state index in [4.69, 9.17) is 0 Å². The summed E-state index contributed by atoms with van der Waals surface area (Å²) in [5.74, 6) is 0.123. The first-order chi connectivity index (χ1) is 36.1. The quantitative estimate of drug-likeness (QED) is 0.135. The number of fused-ring (bicyclic) bond motifs is 4. The molecule has 0 amide bonds. The van der Waals surface area contributed by atoms with E-state index in [1.807, 2.05) is 0 Å². The maximum absolute atomic E-state index is 2.55. The van der Waals surface area contributed by atoms with E-state index >= 15 is 0 Å². The molecule has 346 valence electrons. The van der Waals surface area contributed by atoms with E-state index in [0.717, 1.165) is 28.2 Å². The maximum Gasteiger partial charge on any atom is 0.0712 e. The largest absolute Gasteiger partial charge is 0.331 e. The molecule has 2 aliphatic rings. The molecule has 11 aromatic rings. The number of rotatable bonds is 10. The molecule has 0 N–H and O–H groups in total. The Bertz CT molecular complexity index is 3850. The number of anilines is 5. The zero-order valence-electron chi connectivity index (χ0n) is 40.7. The van der Waals surface area contributed by atoms with Crippen molar-refractivity contribution in [3.05, 3.63) is 297 Å². The Labute approximate surface area is 428 Å². The Morgan fingerprint density at radius 2 is 0.877 bits per heavy atom. The van der Waals surface area contributed by atoms with E-state index in [-0.39, 0.29) is 11.5 Å². The molecule has 11 aromatic carbocycles. The van der Waals surface area contributed by atoms with E-state index in [2.05, 4.69) is 308 Å². The van der Waals surface area contributed by atoms with Gasteiger partial charge in [-0.05, 0) is 127 Å². The van der Waals surface area contributed by atoms with Gasteiger partial charge in [0.15, 0.2) is 0 Å². The van der Waals surface area contributed by atoms with Crippen molar-refractivity contribution in [2.24, 2.45) is 0 Å². The molecule has 1 aliphatic heterocycles. The van der Waals surface area contributed by atoms with Crippen molar-refractivity contribution in [3.63, 3.8) is 0 Å². The minimum absolute atomic E-state index is 0.123. The third-order valence-electron chi connectivity index (χ3n) is 15.1. The van der Waals surface area contributed by atoms with E-state index in [1.165, 1.54) is 83.3 Å². The number of hydrogen-bond acceptors (Lipinski definition) is 2. The molecule has 0 radical (unpaired) electrons. The highest BCUT2D eigenvalue weighted by atomic mass is 15.2. The highest BCUT2D eigenvalue weighted by Crippen LogP contribution is 2.58. The second-order valence-corrected chi connectivity index (χ2v) is 19.3. The van der Waals surface area contributed by atoms with Crippen LogP contribution in [0.15, 0.2) is 291 Å². The number of para-hydroxylation sites is 3. The SMILES string of the molecule is CC12C=CC=CC1c1c(-c3ccccc3N(c3ccc(-c4ccc(-c5ccccc5)c(-c5ccccc5)c4)cc3)c3ccccc3-c3cccc4cccc(-c5ccccc5)c34)cccc1N2c1ccccc1. The summed E-state index contributed by atoms with van der Waals surface area (Å²) in [6.45, 7) is 2.39. The van der Waals surface area contributed by atoms with E-state index in [1.54, 1.807) is 0 Å². The number of hydrogen-bond donors (Lipinski definition) is 0. The van der Waals surface area contributed by atoms with Crippen LogP contribution >= 0.6 is 0 Å². The fraction of sp³-hybridized carbons (Fsp3) is 0.0423. The van der Waals surface area contributed by atoms with Crippen LogP contribution in [0.1, 0.15) is 18.4 Å². The second-order valence-electron chi connectivity index (χ2n) is 19.3. The molecule has 73 heavy (non-hydrogen) atoms. The van der Waals surface area contributed by atoms with Crippen molar-refractivity contribution in [3.8, 4) is 66.8 Å². The van der Waals surface area contributed by atoms with Gasteiger partial charge in [-0.25, -0.2) is 0 Å². The molecule has 1 heterocycles. The number of nitrogens with zero attached hydrogens (tertiary/aromatic N) is 2. The van der Waals surface area contributed by atoms with Gasteiger partial charge in [-0.15, -0.1) is 0 Å². The van der Waals surface area contributed by atoms with Crippen LogP contribution in [0.2, 0.25) is 0 Å². The zero-order chi connectivity index (χ0) is 48.7. The number of allylic oxidation sites excluding steroid dienone is 2. The Morgan fingerprint density at radius 3 is 1.53 bits per heavy atom. The third-order valence-corrected chi connectivity index (χ3v) is 15.1. The predicted octanol–water partition coefficient (Wildman–Crippen LogP) is 19.4. The highest BCUT2D eigenvalue weighted by molar-refractivity contribution is 6.09. The van der Waals surface area contributed by atoms with Gasteiger partial charge in [0.2, 0.25) is 0 Å². The smallest absolute Gasteiger partial charge is 0.0712 e. The first-order valence-corrected chi connectivity index (χ1v) is 25.4. The lowest BCUT2D eigenvalue weighted by atomic mass is 9.78. The minimum Gasteiger partial charge on any atom is -0.331 e. The van der Waals surface area contributed by atoms with Gasteiger partial charge in [-0.1, -0.05) is 243 Å². The molecule has 2 atom stereocenters. The summed E-state index contributed by atoms with van der Waals surface area (Å²) in [6.07, 6.45) is 9.23. The van der Waals surface area contributed by atoms with Crippen molar-refractivity contribution < 1.29 is 0 Å². The Balaban J connectivity index is 1.02. The predicted molar refractivity (Wildman–Crippen MR) is 309 cm³/mol. The van der Waals surface area contributed by atoms with Gasteiger partial charge in [0, 0.05) is 34.1 Å². The fourth-order valence-corrected chi connectivity index (χ4v) is 11.8. The Morgan fingerprint density at radius 1 is 0.370 bits per heavy atom. The van der Waals surface area contributed by atoms with Gasteiger partial charge in [-0.3, -0.25) is 0 Å². The summed E-state index contributed by atoms with van der Waals surface area (Å²) < 4.78 is 0. The summed E-state index contributed by atoms with van der Waals surface area (Å²) in [7, 11) is 0. The third kappa shape index (κ3) is 7.67. The monoisotopic (exact) mass is 932 g/mol. The Hall–Kier alpha value is -9.24. The van der Waals surface area contributed by atoms with Gasteiger partial charge in [-0.2, -0.15) is 0 Å². The zero-order valence-corrected chi connectivity index (χ0v) is 40.7. The van der Waals surface area contributed by atoms with Crippen molar-refractivity contribution in [1.82, 2.24) is 0 Å². The molecule has 0 aromatic heterocycles. The van der Waals surface area contributed by atoms with E-state index < -0.39 is 0 Å². The van der Waals surface area contributed by atoms with Gasteiger partial charge in [0.1, 0.15) is 0 Å². The van der Waals surface area contributed by atoms with Crippen LogP contribution < -0.4 is 9.80 Å². The molecule has 0 spiro atoms. The minimum atomic E-state index is -0.296. The summed E-state index contributed by atoms with van der Waals surface area (Å²) in [4.78, 5) is 5.05. The highest BCUT2D eigenvalue weighted by Gasteiger charge is 2.48. The van der Waals surface area contributed by atoms with Crippen LogP contribution in [-0.2, 0) is 0 Å².